The molecule has 2 aromatic carbocycles. The van der Waals surface area contributed by atoms with E-state index in [0.717, 1.165) is 30.8 Å². The summed E-state index contributed by atoms with van der Waals surface area (Å²) in [4.78, 5) is 29.8. The van der Waals surface area contributed by atoms with Crippen LogP contribution in [-0.2, 0) is 6.18 Å². The summed E-state index contributed by atoms with van der Waals surface area (Å²) in [6, 6.07) is 10.3. The van der Waals surface area contributed by atoms with Gasteiger partial charge in [-0.25, -0.2) is 9.97 Å². The van der Waals surface area contributed by atoms with Gasteiger partial charge in [-0.15, -0.1) is 0 Å². The maximum Gasteiger partial charge on any atom is 0.416 e. The Hall–Kier alpha value is -4.72. The zero-order chi connectivity index (χ0) is 29.1. The molecule has 1 amide bonds. The molecule has 5 rings (SSSR count). The number of rotatable bonds is 7. The van der Waals surface area contributed by atoms with Gasteiger partial charge in [-0.1, -0.05) is 6.07 Å². The fourth-order valence-electron chi connectivity index (χ4n) is 4.41. The minimum atomic E-state index is -4.56. The van der Waals surface area contributed by atoms with E-state index in [-0.39, 0.29) is 11.3 Å². The standard InChI is InChI=1S/C27H29F3N10O/c1-17-4-5-18(10-22(17)37-26-34-16-35-40(26)24-14-23(31-2)32-15-33-24)25(41)36-20-11-19(27(28,29)30)12-21(13-20)39-8-6-38(3)7-9-39/h4-5,10-16H,6-9H2,1-3H3,(H,36,41)(H,31,32,33)(H,34,35,37). The minimum Gasteiger partial charge on any atom is -0.373 e. The van der Waals surface area contributed by atoms with E-state index in [0.29, 0.717) is 42.0 Å². The summed E-state index contributed by atoms with van der Waals surface area (Å²) in [6.45, 7) is 4.50. The number of anilines is 5. The summed E-state index contributed by atoms with van der Waals surface area (Å²) in [5.41, 5.74) is 1.30. The van der Waals surface area contributed by atoms with Crippen LogP contribution in [0.4, 0.5) is 42.0 Å². The lowest BCUT2D eigenvalue weighted by molar-refractivity contribution is -0.137. The zero-order valence-electron chi connectivity index (χ0n) is 22.7. The first kappa shape index (κ1) is 27.8. The number of carbonyl (C=O) groups is 1. The van der Waals surface area contributed by atoms with Gasteiger partial charge in [0.15, 0.2) is 5.82 Å². The first-order valence-electron chi connectivity index (χ1n) is 12.9. The second-order valence-electron chi connectivity index (χ2n) is 9.67. The Kier molecular flexibility index (Phi) is 7.75. The highest BCUT2D eigenvalue weighted by Crippen LogP contribution is 2.35. The molecule has 11 nitrogen and oxygen atoms in total. The summed E-state index contributed by atoms with van der Waals surface area (Å²) < 4.78 is 42.7. The molecule has 214 valence electrons. The number of amides is 1. The fourth-order valence-corrected chi connectivity index (χ4v) is 4.41. The van der Waals surface area contributed by atoms with Crippen molar-refractivity contribution in [2.24, 2.45) is 0 Å². The van der Waals surface area contributed by atoms with E-state index in [1.54, 1.807) is 37.4 Å². The lowest BCUT2D eigenvalue weighted by Gasteiger charge is -2.34. The van der Waals surface area contributed by atoms with Crippen molar-refractivity contribution in [3.63, 3.8) is 0 Å². The summed E-state index contributed by atoms with van der Waals surface area (Å²) in [5.74, 6) is 0.863. The van der Waals surface area contributed by atoms with Gasteiger partial charge >= 0.3 is 6.18 Å². The molecule has 41 heavy (non-hydrogen) atoms. The smallest absolute Gasteiger partial charge is 0.373 e. The van der Waals surface area contributed by atoms with Crippen LogP contribution in [-0.4, -0.2) is 75.8 Å². The van der Waals surface area contributed by atoms with Gasteiger partial charge in [-0.05, 0) is 49.9 Å². The monoisotopic (exact) mass is 566 g/mol. The Balaban J connectivity index is 1.39. The molecular formula is C27H29F3N10O. The molecule has 14 heteroatoms. The molecule has 1 aliphatic heterocycles. The van der Waals surface area contributed by atoms with Crippen molar-refractivity contribution in [3.05, 3.63) is 71.8 Å². The van der Waals surface area contributed by atoms with Crippen molar-refractivity contribution in [1.82, 2.24) is 29.6 Å². The van der Waals surface area contributed by atoms with E-state index in [4.69, 9.17) is 0 Å². The van der Waals surface area contributed by atoms with Crippen LogP contribution < -0.4 is 20.9 Å². The van der Waals surface area contributed by atoms with Crippen LogP contribution in [0.1, 0.15) is 21.5 Å². The molecule has 0 saturated carbocycles. The fraction of sp³-hybridized carbons (Fsp3) is 0.296. The molecule has 0 bridgehead atoms. The number of hydrogen-bond acceptors (Lipinski definition) is 9. The van der Waals surface area contributed by atoms with E-state index in [9.17, 15) is 18.0 Å². The van der Waals surface area contributed by atoms with E-state index >= 15 is 0 Å². The molecule has 4 aromatic rings. The number of nitrogens with one attached hydrogen (secondary N) is 3. The van der Waals surface area contributed by atoms with Gasteiger partial charge in [0, 0.05) is 61.9 Å². The van der Waals surface area contributed by atoms with Crippen molar-refractivity contribution in [3.8, 4) is 5.82 Å². The number of piperazine rings is 1. The van der Waals surface area contributed by atoms with Crippen LogP contribution in [0.2, 0.25) is 0 Å². The topological polar surface area (TPSA) is 116 Å². The number of benzene rings is 2. The Morgan fingerprint density at radius 2 is 1.73 bits per heavy atom. The maximum atomic E-state index is 13.7. The van der Waals surface area contributed by atoms with Gasteiger partial charge in [0.25, 0.3) is 5.91 Å². The molecule has 2 aromatic heterocycles. The molecule has 0 unspecified atom stereocenters. The number of nitrogens with zero attached hydrogens (tertiary/aromatic N) is 7. The highest BCUT2D eigenvalue weighted by Gasteiger charge is 2.32. The molecule has 0 aliphatic carbocycles. The highest BCUT2D eigenvalue weighted by atomic mass is 19.4. The molecular weight excluding hydrogens is 537 g/mol. The second-order valence-corrected chi connectivity index (χ2v) is 9.67. The molecule has 0 spiro atoms. The number of likely N-dealkylation sites (N-methyl/N-ethyl adjacent to an activating group) is 1. The van der Waals surface area contributed by atoms with Crippen molar-refractivity contribution in [2.45, 2.75) is 13.1 Å². The maximum absolute atomic E-state index is 13.7. The third-order valence-electron chi connectivity index (χ3n) is 6.79. The summed E-state index contributed by atoms with van der Waals surface area (Å²) in [5, 5.41) is 13.0. The van der Waals surface area contributed by atoms with Crippen LogP contribution in [0, 0.1) is 6.92 Å². The predicted octanol–water partition coefficient (Wildman–Crippen LogP) is 4.17. The molecule has 0 radical (unpaired) electrons. The first-order chi connectivity index (χ1) is 19.6. The predicted molar refractivity (Wildman–Crippen MR) is 150 cm³/mol. The van der Waals surface area contributed by atoms with E-state index in [1.165, 1.54) is 17.3 Å². The third-order valence-corrected chi connectivity index (χ3v) is 6.79. The van der Waals surface area contributed by atoms with Gasteiger partial charge < -0.3 is 25.8 Å². The van der Waals surface area contributed by atoms with Crippen LogP contribution in [0.25, 0.3) is 5.82 Å². The Bertz CT molecular complexity index is 1550. The first-order valence-corrected chi connectivity index (χ1v) is 12.9. The Labute approximate surface area is 234 Å². The number of hydrogen-bond donors (Lipinski definition) is 3. The quantitative estimate of drug-likeness (QED) is 0.303. The average molecular weight is 567 g/mol. The Morgan fingerprint density at radius 1 is 0.951 bits per heavy atom. The molecule has 1 saturated heterocycles. The van der Waals surface area contributed by atoms with Crippen LogP contribution in [0.15, 0.2) is 55.1 Å². The minimum absolute atomic E-state index is 0.0673. The van der Waals surface area contributed by atoms with Crippen molar-refractivity contribution < 1.29 is 18.0 Å². The highest BCUT2D eigenvalue weighted by molar-refractivity contribution is 6.05. The Morgan fingerprint density at radius 3 is 2.46 bits per heavy atom. The summed E-state index contributed by atoms with van der Waals surface area (Å²) >= 11 is 0. The van der Waals surface area contributed by atoms with Crippen molar-refractivity contribution in [1.29, 1.82) is 0 Å². The molecule has 0 atom stereocenters. The summed E-state index contributed by atoms with van der Waals surface area (Å²) in [6.07, 6.45) is -1.80. The normalized spacial score (nSPS) is 14.1. The SMILES string of the molecule is CNc1cc(-n2ncnc2Nc2cc(C(=O)Nc3cc(N4CCN(C)CC4)cc(C(F)(F)F)c3)ccc2C)ncn1. The van der Waals surface area contributed by atoms with Crippen molar-refractivity contribution >= 4 is 34.7 Å². The lowest BCUT2D eigenvalue weighted by atomic mass is 10.1. The number of aryl methyl sites for hydroxylation is 1. The van der Waals surface area contributed by atoms with Crippen LogP contribution in [0.5, 0.6) is 0 Å². The zero-order valence-corrected chi connectivity index (χ0v) is 22.7. The molecule has 1 aliphatic rings. The van der Waals surface area contributed by atoms with Gasteiger partial charge in [0.1, 0.15) is 18.5 Å². The molecule has 3 heterocycles. The van der Waals surface area contributed by atoms with Gasteiger partial charge in [-0.2, -0.15) is 27.9 Å². The van der Waals surface area contributed by atoms with Gasteiger partial charge in [-0.3, -0.25) is 4.79 Å². The lowest BCUT2D eigenvalue weighted by Crippen LogP contribution is -2.44. The third kappa shape index (κ3) is 6.38. The number of halogens is 3. The van der Waals surface area contributed by atoms with E-state index in [2.05, 4.69) is 40.9 Å². The molecule has 3 N–H and O–H groups in total. The largest absolute Gasteiger partial charge is 0.416 e. The van der Waals surface area contributed by atoms with E-state index in [1.807, 2.05) is 18.9 Å². The average Bonchev–Trinajstić information content (AvgIpc) is 3.42. The number of aromatic nitrogens is 5. The van der Waals surface area contributed by atoms with Gasteiger partial charge in [0.05, 0.1) is 5.56 Å². The van der Waals surface area contributed by atoms with E-state index < -0.39 is 17.6 Å². The van der Waals surface area contributed by atoms with Gasteiger partial charge in [0.2, 0.25) is 5.95 Å². The van der Waals surface area contributed by atoms with Crippen LogP contribution >= 0.6 is 0 Å². The number of alkyl halides is 3. The van der Waals surface area contributed by atoms with Crippen LogP contribution in [0.3, 0.4) is 0 Å². The summed E-state index contributed by atoms with van der Waals surface area (Å²) in [7, 11) is 3.71. The number of carbonyl (C=O) groups excluding carboxylic acids is 1. The molecule has 1 fully saturated rings. The second kappa shape index (κ2) is 11.4. The van der Waals surface area contributed by atoms with Crippen molar-refractivity contribution in [2.75, 3.05) is 61.1 Å².